The fourth-order valence-electron chi connectivity index (χ4n) is 4.91. The first-order valence-electron chi connectivity index (χ1n) is 12.4. The smallest absolute Gasteiger partial charge is 0.254 e. The molecule has 0 aromatic heterocycles. The number of carbonyl (C=O) groups excluding carboxylic acids is 3. The molecular formula is C29H30N4O3. The van der Waals surface area contributed by atoms with Gasteiger partial charge in [0.1, 0.15) is 6.04 Å². The third-order valence-electron chi connectivity index (χ3n) is 6.95. The summed E-state index contributed by atoms with van der Waals surface area (Å²) < 4.78 is 0. The zero-order chi connectivity index (χ0) is 24.9. The number of nitrogens with zero attached hydrogens (tertiary/aromatic N) is 3. The largest absolute Gasteiger partial charge is 0.368 e. The average molecular weight is 483 g/mol. The number of piperazine rings is 2. The van der Waals surface area contributed by atoms with Crippen LogP contribution in [0.4, 0.5) is 5.69 Å². The molecular weight excluding hydrogens is 452 g/mol. The number of carbonyl (C=O) groups is 3. The first-order valence-corrected chi connectivity index (χ1v) is 12.4. The summed E-state index contributed by atoms with van der Waals surface area (Å²) in [6, 6.07) is 26.7. The molecule has 7 nitrogen and oxygen atoms in total. The topological polar surface area (TPSA) is 73.0 Å². The van der Waals surface area contributed by atoms with Gasteiger partial charge in [-0.1, -0.05) is 60.7 Å². The van der Waals surface area contributed by atoms with Gasteiger partial charge in [0.05, 0.1) is 6.42 Å². The van der Waals surface area contributed by atoms with Gasteiger partial charge >= 0.3 is 0 Å². The van der Waals surface area contributed by atoms with Gasteiger partial charge in [-0.15, -0.1) is 0 Å². The first kappa shape index (κ1) is 23.6. The van der Waals surface area contributed by atoms with Gasteiger partial charge in [-0.3, -0.25) is 14.4 Å². The summed E-state index contributed by atoms with van der Waals surface area (Å²) in [7, 11) is 0. The third-order valence-corrected chi connectivity index (χ3v) is 6.95. The number of para-hydroxylation sites is 1. The van der Waals surface area contributed by atoms with Crippen molar-refractivity contribution in [2.45, 2.75) is 12.5 Å². The molecule has 184 valence electrons. The maximum Gasteiger partial charge on any atom is 0.254 e. The molecule has 2 aliphatic rings. The first-order chi connectivity index (χ1) is 17.6. The molecule has 2 saturated heterocycles. The lowest BCUT2D eigenvalue weighted by atomic mass is 10.0. The summed E-state index contributed by atoms with van der Waals surface area (Å²) in [5, 5.41) is 2.82. The molecule has 3 amide bonds. The molecule has 1 atom stereocenters. The lowest BCUT2D eigenvalue weighted by molar-refractivity contribution is -0.138. The van der Waals surface area contributed by atoms with Crippen molar-refractivity contribution in [3.63, 3.8) is 0 Å². The van der Waals surface area contributed by atoms with Crippen LogP contribution in [-0.2, 0) is 9.59 Å². The summed E-state index contributed by atoms with van der Waals surface area (Å²) in [6.07, 6.45) is -0.00892. The number of amides is 3. The second-order valence-electron chi connectivity index (χ2n) is 9.16. The highest BCUT2D eigenvalue weighted by Crippen LogP contribution is 2.22. The van der Waals surface area contributed by atoms with Crippen molar-refractivity contribution in [3.05, 3.63) is 90.5 Å². The average Bonchev–Trinajstić information content (AvgIpc) is 2.95. The van der Waals surface area contributed by atoms with Crippen molar-refractivity contribution in [1.82, 2.24) is 15.1 Å². The third kappa shape index (κ3) is 5.10. The van der Waals surface area contributed by atoms with Gasteiger partial charge in [-0.2, -0.15) is 0 Å². The number of hydrogen-bond donors (Lipinski definition) is 1. The molecule has 0 unspecified atom stereocenters. The van der Waals surface area contributed by atoms with E-state index >= 15 is 0 Å². The Morgan fingerprint density at radius 2 is 1.36 bits per heavy atom. The second kappa shape index (κ2) is 10.6. The number of hydrogen-bond acceptors (Lipinski definition) is 4. The Hall–Kier alpha value is -4.13. The molecule has 1 N–H and O–H groups in total. The van der Waals surface area contributed by atoms with Crippen LogP contribution in [0.1, 0.15) is 16.8 Å². The van der Waals surface area contributed by atoms with E-state index in [0.29, 0.717) is 31.7 Å². The SMILES string of the molecule is O=C1NCCN(C(=O)c2ccc(-c3ccccc3)cc2)[C@H]1CC(=O)N1CCN(c2ccccc2)CC1. The van der Waals surface area contributed by atoms with E-state index in [1.165, 1.54) is 0 Å². The molecule has 2 fully saturated rings. The van der Waals surface area contributed by atoms with E-state index in [1.54, 1.807) is 21.9 Å². The molecule has 3 aromatic carbocycles. The predicted molar refractivity (Wildman–Crippen MR) is 140 cm³/mol. The molecule has 7 heteroatoms. The van der Waals surface area contributed by atoms with Crippen molar-refractivity contribution < 1.29 is 14.4 Å². The van der Waals surface area contributed by atoms with Crippen molar-refractivity contribution in [2.75, 3.05) is 44.2 Å². The summed E-state index contributed by atoms with van der Waals surface area (Å²) in [4.78, 5) is 44.9. The van der Waals surface area contributed by atoms with Gasteiger partial charge in [0.25, 0.3) is 5.91 Å². The standard InChI is InChI=1S/C29H30N4O3/c34-27(32-19-17-31(18-20-32)25-9-5-2-6-10-25)21-26-28(35)30-15-16-33(26)29(36)24-13-11-23(12-14-24)22-7-3-1-4-8-22/h1-14,26H,15-21H2,(H,30,35)/t26-/m0/s1. The minimum absolute atomic E-state index is 0.00892. The molecule has 36 heavy (non-hydrogen) atoms. The van der Waals surface area contributed by atoms with Crippen LogP contribution < -0.4 is 10.2 Å². The Balaban J connectivity index is 1.24. The van der Waals surface area contributed by atoms with Gasteiger partial charge < -0.3 is 20.0 Å². The molecule has 2 aliphatic heterocycles. The van der Waals surface area contributed by atoms with Crippen LogP contribution in [0, 0.1) is 0 Å². The van der Waals surface area contributed by atoms with Crippen molar-refractivity contribution in [3.8, 4) is 11.1 Å². The van der Waals surface area contributed by atoms with Crippen LogP contribution in [-0.4, -0.2) is 72.8 Å². The van der Waals surface area contributed by atoms with Crippen LogP contribution >= 0.6 is 0 Å². The highest BCUT2D eigenvalue weighted by molar-refractivity contribution is 6.00. The van der Waals surface area contributed by atoms with Crippen molar-refractivity contribution >= 4 is 23.4 Å². The van der Waals surface area contributed by atoms with E-state index in [9.17, 15) is 14.4 Å². The second-order valence-corrected chi connectivity index (χ2v) is 9.16. The summed E-state index contributed by atoms with van der Waals surface area (Å²) in [5.41, 5.74) is 3.75. The fourth-order valence-corrected chi connectivity index (χ4v) is 4.91. The van der Waals surface area contributed by atoms with E-state index in [0.717, 1.165) is 29.9 Å². The van der Waals surface area contributed by atoms with Gasteiger partial charge in [-0.25, -0.2) is 0 Å². The summed E-state index contributed by atoms with van der Waals surface area (Å²) in [5.74, 6) is -0.593. The van der Waals surface area contributed by atoms with Gasteiger partial charge in [0.15, 0.2) is 0 Å². The molecule has 5 rings (SSSR count). The van der Waals surface area contributed by atoms with Crippen molar-refractivity contribution in [1.29, 1.82) is 0 Å². The summed E-state index contributed by atoms with van der Waals surface area (Å²) in [6.45, 7) is 3.43. The Kier molecular flexibility index (Phi) is 6.98. The number of nitrogens with one attached hydrogen (secondary N) is 1. The zero-order valence-corrected chi connectivity index (χ0v) is 20.2. The fraction of sp³-hybridized carbons (Fsp3) is 0.276. The number of rotatable bonds is 5. The maximum absolute atomic E-state index is 13.4. The number of anilines is 1. The van der Waals surface area contributed by atoms with Gasteiger partial charge in [0, 0.05) is 50.5 Å². The highest BCUT2D eigenvalue weighted by atomic mass is 16.2. The Morgan fingerprint density at radius 3 is 2.03 bits per heavy atom. The Labute approximate surface area is 211 Å². The number of benzene rings is 3. The van der Waals surface area contributed by atoms with E-state index in [-0.39, 0.29) is 24.1 Å². The molecule has 3 aromatic rings. The summed E-state index contributed by atoms with van der Waals surface area (Å²) >= 11 is 0. The lowest BCUT2D eigenvalue weighted by Gasteiger charge is -2.39. The highest BCUT2D eigenvalue weighted by Gasteiger charge is 2.36. The Bertz CT molecular complexity index is 1210. The van der Waals surface area contributed by atoms with E-state index in [1.807, 2.05) is 60.7 Å². The van der Waals surface area contributed by atoms with Crippen LogP contribution in [0.2, 0.25) is 0 Å². The van der Waals surface area contributed by atoms with Crippen LogP contribution in [0.15, 0.2) is 84.9 Å². The molecule has 2 heterocycles. The van der Waals surface area contributed by atoms with E-state index < -0.39 is 6.04 Å². The molecule has 0 spiro atoms. The van der Waals surface area contributed by atoms with Crippen molar-refractivity contribution in [2.24, 2.45) is 0 Å². The van der Waals surface area contributed by atoms with Gasteiger partial charge in [0.2, 0.25) is 11.8 Å². The van der Waals surface area contributed by atoms with Gasteiger partial charge in [-0.05, 0) is 35.4 Å². The molecule has 0 aliphatic carbocycles. The quantitative estimate of drug-likeness (QED) is 0.607. The molecule has 0 radical (unpaired) electrons. The monoisotopic (exact) mass is 482 g/mol. The molecule has 0 bridgehead atoms. The normalized spacial score (nSPS) is 18.1. The van der Waals surface area contributed by atoms with Crippen LogP contribution in [0.3, 0.4) is 0 Å². The van der Waals surface area contributed by atoms with Crippen LogP contribution in [0.25, 0.3) is 11.1 Å². The van der Waals surface area contributed by atoms with E-state index in [2.05, 4.69) is 22.3 Å². The van der Waals surface area contributed by atoms with E-state index in [4.69, 9.17) is 0 Å². The Morgan fingerprint density at radius 1 is 0.750 bits per heavy atom. The maximum atomic E-state index is 13.4. The predicted octanol–water partition coefficient (Wildman–Crippen LogP) is 3.03. The molecule has 0 saturated carbocycles. The lowest BCUT2D eigenvalue weighted by Crippen LogP contribution is -2.59. The minimum Gasteiger partial charge on any atom is -0.368 e. The minimum atomic E-state index is -0.806. The van der Waals surface area contributed by atoms with Crippen LogP contribution in [0.5, 0.6) is 0 Å². The zero-order valence-electron chi connectivity index (χ0n) is 20.2.